The number of anilines is 3. The second kappa shape index (κ2) is 19.4. The minimum Gasteiger partial charge on any atom is -0.489 e. The summed E-state index contributed by atoms with van der Waals surface area (Å²) in [6.45, 7) is 7.71. The molecule has 14 heteroatoms. The molecule has 0 aliphatic rings. The molecule has 7 N–H and O–H groups in total. The molecule has 6 aromatic heterocycles. The highest BCUT2D eigenvalue weighted by Gasteiger charge is 2.13. The molecule has 290 valence electrons. The van der Waals surface area contributed by atoms with Crippen LogP contribution in [0.25, 0.3) is 50.6 Å². The van der Waals surface area contributed by atoms with E-state index in [0.717, 1.165) is 50.7 Å². The van der Waals surface area contributed by atoms with E-state index >= 15 is 0 Å². The molecular formula is C44H41N11O3. The van der Waals surface area contributed by atoms with Gasteiger partial charge in [0.15, 0.2) is 5.65 Å². The lowest BCUT2D eigenvalue weighted by Gasteiger charge is -2.06. The SMILES string of the molecule is C.C=CC(=C)c1ccc([N+](=O)[O-])c(N)n1.Nc1ccc(-c2ccncc2)nc1N.c1ccc(COc2ccc(-c3nc4nc(-c5ccncc5)ccc4[nH]3)cc2)cc1. The van der Waals surface area contributed by atoms with Gasteiger partial charge in [0, 0.05) is 47.5 Å². The fraction of sp³-hybridized carbons (Fsp3) is 0.0455. The summed E-state index contributed by atoms with van der Waals surface area (Å²) in [5, 5.41) is 10.4. The van der Waals surface area contributed by atoms with Gasteiger partial charge >= 0.3 is 5.69 Å². The number of H-pyrrole nitrogens is 1. The summed E-state index contributed by atoms with van der Waals surface area (Å²) in [5.41, 5.74) is 25.3. The fourth-order valence-electron chi connectivity index (χ4n) is 5.24. The molecule has 0 bridgehead atoms. The maximum absolute atomic E-state index is 10.4. The quantitative estimate of drug-likeness (QED) is 0.0613. The fourth-order valence-corrected chi connectivity index (χ4v) is 5.24. The summed E-state index contributed by atoms with van der Waals surface area (Å²) < 4.78 is 5.86. The smallest absolute Gasteiger partial charge is 0.311 e. The van der Waals surface area contributed by atoms with E-state index in [1.54, 1.807) is 30.9 Å². The second-order valence-corrected chi connectivity index (χ2v) is 12.2. The molecule has 0 saturated carbocycles. The normalized spacial score (nSPS) is 10.1. The van der Waals surface area contributed by atoms with Crippen LogP contribution in [0.15, 0.2) is 159 Å². The van der Waals surface area contributed by atoms with Crippen molar-refractivity contribution >= 4 is 39.7 Å². The van der Waals surface area contributed by atoms with Gasteiger partial charge in [-0.05, 0) is 90.0 Å². The average Bonchev–Trinajstić information content (AvgIpc) is 3.69. The summed E-state index contributed by atoms with van der Waals surface area (Å²) in [6.07, 6.45) is 8.46. The van der Waals surface area contributed by atoms with Crippen LogP contribution in [0.3, 0.4) is 0 Å². The summed E-state index contributed by atoms with van der Waals surface area (Å²) in [4.78, 5) is 38.5. The maximum atomic E-state index is 10.4. The summed E-state index contributed by atoms with van der Waals surface area (Å²) >= 11 is 0. The monoisotopic (exact) mass is 771 g/mol. The van der Waals surface area contributed by atoms with Crippen LogP contribution in [0.5, 0.6) is 5.75 Å². The molecule has 0 radical (unpaired) electrons. The third-order valence-electron chi connectivity index (χ3n) is 8.31. The molecule has 0 amide bonds. The van der Waals surface area contributed by atoms with Crippen LogP contribution in [0.4, 0.5) is 23.0 Å². The Balaban J connectivity index is 0.000000186. The molecule has 6 heterocycles. The Hall–Kier alpha value is -8.26. The first-order chi connectivity index (χ1) is 27.7. The number of hydrogen-bond donors (Lipinski definition) is 4. The Morgan fingerprint density at radius 3 is 1.91 bits per heavy atom. The van der Waals surface area contributed by atoms with E-state index in [4.69, 9.17) is 21.9 Å². The number of nitrogens with two attached hydrogens (primary N) is 3. The molecule has 2 aromatic carbocycles. The van der Waals surface area contributed by atoms with E-state index < -0.39 is 4.92 Å². The first-order valence-electron chi connectivity index (χ1n) is 17.4. The van der Waals surface area contributed by atoms with Gasteiger partial charge in [0.25, 0.3) is 0 Å². The Morgan fingerprint density at radius 1 is 0.707 bits per heavy atom. The molecule has 0 saturated heterocycles. The first kappa shape index (κ1) is 40.9. The number of imidazole rings is 1. The lowest BCUT2D eigenvalue weighted by atomic mass is 10.2. The van der Waals surface area contributed by atoms with Crippen LogP contribution in [0.1, 0.15) is 18.7 Å². The number of benzene rings is 2. The topological polar surface area (TPSA) is 224 Å². The summed E-state index contributed by atoms with van der Waals surface area (Å²) in [6, 6.07) is 36.0. The van der Waals surface area contributed by atoms with Crippen LogP contribution < -0.4 is 21.9 Å². The van der Waals surface area contributed by atoms with Gasteiger partial charge in [0.2, 0.25) is 5.82 Å². The molecule has 0 aliphatic heterocycles. The molecule has 8 aromatic rings. The molecule has 0 fully saturated rings. The van der Waals surface area contributed by atoms with Gasteiger partial charge < -0.3 is 26.9 Å². The Labute approximate surface area is 335 Å². The number of nitrogens with zero attached hydrogens (tertiary/aromatic N) is 7. The van der Waals surface area contributed by atoms with Crippen molar-refractivity contribution in [2.24, 2.45) is 0 Å². The van der Waals surface area contributed by atoms with Gasteiger partial charge in [-0.25, -0.2) is 19.9 Å². The predicted molar refractivity (Wildman–Crippen MR) is 231 cm³/mol. The van der Waals surface area contributed by atoms with Crippen LogP contribution in [-0.4, -0.2) is 39.8 Å². The van der Waals surface area contributed by atoms with Crippen molar-refractivity contribution in [2.75, 3.05) is 17.2 Å². The average molecular weight is 772 g/mol. The van der Waals surface area contributed by atoms with Gasteiger partial charge in [-0.3, -0.25) is 20.1 Å². The van der Waals surface area contributed by atoms with E-state index in [1.165, 1.54) is 18.2 Å². The van der Waals surface area contributed by atoms with E-state index in [9.17, 15) is 10.1 Å². The lowest BCUT2D eigenvalue weighted by molar-refractivity contribution is -0.384. The molecule has 0 spiro atoms. The molecule has 58 heavy (non-hydrogen) atoms. The Kier molecular flexibility index (Phi) is 13.7. The lowest BCUT2D eigenvalue weighted by Crippen LogP contribution is -2.00. The van der Waals surface area contributed by atoms with Crippen molar-refractivity contribution in [3.8, 4) is 39.7 Å². The van der Waals surface area contributed by atoms with Gasteiger partial charge in [-0.1, -0.05) is 57.0 Å². The highest BCUT2D eigenvalue weighted by Crippen LogP contribution is 2.26. The summed E-state index contributed by atoms with van der Waals surface area (Å²) in [5.74, 6) is 1.86. The van der Waals surface area contributed by atoms with Crippen molar-refractivity contribution in [3.63, 3.8) is 0 Å². The van der Waals surface area contributed by atoms with E-state index in [2.05, 4.69) is 60.2 Å². The van der Waals surface area contributed by atoms with E-state index in [0.29, 0.717) is 35.0 Å². The number of ether oxygens (including phenoxy) is 1. The van der Waals surface area contributed by atoms with Crippen LogP contribution in [0.2, 0.25) is 0 Å². The van der Waals surface area contributed by atoms with E-state index in [-0.39, 0.29) is 18.9 Å². The molecular weight excluding hydrogens is 731 g/mol. The number of aromatic amines is 1. The minimum absolute atomic E-state index is 0. The van der Waals surface area contributed by atoms with Crippen molar-refractivity contribution in [1.82, 2.24) is 34.9 Å². The number of aromatic nitrogens is 7. The summed E-state index contributed by atoms with van der Waals surface area (Å²) in [7, 11) is 0. The number of rotatable bonds is 9. The van der Waals surface area contributed by atoms with Crippen molar-refractivity contribution < 1.29 is 9.66 Å². The van der Waals surface area contributed by atoms with Gasteiger partial charge in [0.05, 0.1) is 33.2 Å². The molecule has 8 rings (SSSR count). The second-order valence-electron chi connectivity index (χ2n) is 12.2. The zero-order valence-electron chi connectivity index (χ0n) is 30.6. The molecule has 14 nitrogen and oxygen atoms in total. The zero-order valence-corrected chi connectivity index (χ0v) is 30.6. The van der Waals surface area contributed by atoms with Crippen LogP contribution in [-0.2, 0) is 6.61 Å². The number of allylic oxidation sites excluding steroid dienone is 2. The van der Waals surface area contributed by atoms with Crippen molar-refractivity contribution in [2.45, 2.75) is 14.0 Å². The molecule has 0 unspecified atom stereocenters. The van der Waals surface area contributed by atoms with Crippen molar-refractivity contribution in [3.05, 3.63) is 181 Å². The largest absolute Gasteiger partial charge is 0.489 e. The first-order valence-corrected chi connectivity index (χ1v) is 17.4. The number of nitro groups is 1. The number of nitrogen functional groups attached to an aromatic ring is 3. The zero-order chi connectivity index (χ0) is 40.1. The molecule has 0 aliphatic carbocycles. The van der Waals surface area contributed by atoms with Crippen molar-refractivity contribution in [1.29, 1.82) is 0 Å². The van der Waals surface area contributed by atoms with Gasteiger partial charge in [-0.2, -0.15) is 0 Å². The van der Waals surface area contributed by atoms with Crippen LogP contribution in [0, 0.1) is 10.1 Å². The van der Waals surface area contributed by atoms with Gasteiger partial charge in [-0.15, -0.1) is 0 Å². The number of pyridine rings is 5. The molecule has 0 atom stereocenters. The third kappa shape index (κ3) is 10.5. The van der Waals surface area contributed by atoms with Gasteiger partial charge in [0.1, 0.15) is 24.0 Å². The standard InChI is InChI=1S/C24H18N4O.C10H10N4.C9H9N3O2.CH4/c1-2-4-17(5-3-1)16-29-20-8-6-19(7-9-20)23-27-22-11-10-21(26-24(22)28-23)18-12-14-25-15-13-18;11-8-1-2-9(14-10(8)12)7-3-5-13-6-4-7;1-3-6(2)7-4-5-8(12(13)14)9(10)11-7;/h1-15H,16H2,(H,26,27,28);1-6H,11H2,(H2,12,14);3-5H,1-2H2,(H2,10,11);1H4. The maximum Gasteiger partial charge on any atom is 0.311 e. The highest BCUT2D eigenvalue weighted by molar-refractivity contribution is 5.79. The minimum atomic E-state index is -0.581. The number of hydrogen-bond acceptors (Lipinski definition) is 12. The Bertz CT molecular complexity index is 2620. The Morgan fingerprint density at radius 2 is 1.33 bits per heavy atom. The van der Waals surface area contributed by atoms with E-state index in [1.807, 2.05) is 84.9 Å². The third-order valence-corrected chi connectivity index (χ3v) is 8.31. The predicted octanol–water partition coefficient (Wildman–Crippen LogP) is 8.98. The highest BCUT2D eigenvalue weighted by atomic mass is 16.6. The van der Waals surface area contributed by atoms with Crippen LogP contribution >= 0.6 is 0 Å². The number of fused-ring (bicyclic) bond motifs is 1. The number of nitrogens with one attached hydrogen (secondary N) is 1.